The number of Topliss-reactive ketones (excluding diaryl/α,β-unsaturated/α-hetero) is 1. The van der Waals surface area contributed by atoms with Crippen LogP contribution in [0, 0.1) is 22.7 Å². The molecule has 0 N–H and O–H groups in total. The number of hydrogen-bond donors (Lipinski definition) is 0. The molecule has 1 aliphatic heterocycles. The van der Waals surface area contributed by atoms with E-state index in [-0.39, 0.29) is 22.9 Å². The minimum atomic E-state index is -3.49. The van der Waals surface area contributed by atoms with Crippen LogP contribution in [0.2, 0.25) is 0 Å². The van der Waals surface area contributed by atoms with Crippen LogP contribution in [0.3, 0.4) is 0 Å². The number of rotatable bonds is 6. The monoisotopic (exact) mass is 421 g/mol. The second-order valence-corrected chi connectivity index (χ2v) is 12.3. The number of sulfonamides is 1. The number of hydrogen-bond acceptors (Lipinski definition) is 6. The van der Waals surface area contributed by atoms with Crippen molar-refractivity contribution in [2.75, 3.05) is 18.8 Å². The van der Waals surface area contributed by atoms with Gasteiger partial charge in [0.15, 0.2) is 5.82 Å². The first-order chi connectivity index (χ1) is 13.7. The summed E-state index contributed by atoms with van der Waals surface area (Å²) in [6.45, 7) is 5.22. The van der Waals surface area contributed by atoms with E-state index in [1.54, 1.807) is 4.31 Å². The molecule has 0 amide bonds. The first-order valence-electron chi connectivity index (χ1n) is 11.0. The van der Waals surface area contributed by atoms with Gasteiger partial charge in [-0.1, -0.05) is 19.0 Å². The lowest BCUT2D eigenvalue weighted by atomic mass is 9.70. The van der Waals surface area contributed by atoms with E-state index in [1.165, 1.54) is 0 Å². The molecule has 3 unspecified atom stereocenters. The molecule has 2 bridgehead atoms. The van der Waals surface area contributed by atoms with Gasteiger partial charge in [0, 0.05) is 37.3 Å². The van der Waals surface area contributed by atoms with E-state index < -0.39 is 15.4 Å². The molecule has 8 heteroatoms. The topological polar surface area (TPSA) is 93.4 Å². The van der Waals surface area contributed by atoms with Crippen LogP contribution in [0.25, 0.3) is 0 Å². The van der Waals surface area contributed by atoms with Gasteiger partial charge in [-0.25, -0.2) is 12.7 Å². The summed E-state index contributed by atoms with van der Waals surface area (Å²) in [6, 6.07) is 0. The van der Waals surface area contributed by atoms with Crippen molar-refractivity contribution in [3.05, 3.63) is 11.7 Å². The van der Waals surface area contributed by atoms with Gasteiger partial charge in [0.1, 0.15) is 5.78 Å². The normalized spacial score (nSPS) is 34.8. The Morgan fingerprint density at radius 2 is 2.00 bits per heavy atom. The molecule has 5 rings (SSSR count). The molecular weight excluding hydrogens is 390 g/mol. The highest BCUT2D eigenvalue weighted by molar-refractivity contribution is 7.89. The van der Waals surface area contributed by atoms with E-state index in [1.807, 2.05) is 0 Å². The highest BCUT2D eigenvalue weighted by Gasteiger charge is 2.65. The first kappa shape index (κ1) is 19.7. The Bertz CT molecular complexity index is 920. The molecule has 3 aliphatic carbocycles. The van der Waals surface area contributed by atoms with Crippen LogP contribution in [0.4, 0.5) is 0 Å². The highest BCUT2D eigenvalue weighted by atomic mass is 32.2. The zero-order valence-electron chi connectivity index (χ0n) is 17.4. The van der Waals surface area contributed by atoms with Crippen LogP contribution >= 0.6 is 0 Å². The minimum Gasteiger partial charge on any atom is -0.339 e. The van der Waals surface area contributed by atoms with Crippen LogP contribution in [0.15, 0.2) is 4.52 Å². The van der Waals surface area contributed by atoms with Gasteiger partial charge < -0.3 is 4.52 Å². The average Bonchev–Trinajstić information content (AvgIpc) is 3.33. The van der Waals surface area contributed by atoms with Crippen molar-refractivity contribution in [3.63, 3.8) is 0 Å². The Morgan fingerprint density at radius 3 is 2.66 bits per heavy atom. The Kier molecular flexibility index (Phi) is 4.48. The van der Waals surface area contributed by atoms with Crippen LogP contribution in [-0.4, -0.2) is 47.5 Å². The van der Waals surface area contributed by atoms with E-state index in [9.17, 15) is 13.2 Å². The fourth-order valence-electron chi connectivity index (χ4n) is 6.06. The third kappa shape index (κ3) is 3.17. The maximum absolute atomic E-state index is 13.4. The van der Waals surface area contributed by atoms with Crippen molar-refractivity contribution in [2.24, 2.45) is 22.7 Å². The van der Waals surface area contributed by atoms with Crippen molar-refractivity contribution < 1.29 is 17.7 Å². The number of carbonyl (C=O) groups excluding carboxylic acids is 1. The highest BCUT2D eigenvalue weighted by Crippen LogP contribution is 2.64. The van der Waals surface area contributed by atoms with Crippen molar-refractivity contribution in [3.8, 4) is 0 Å². The quantitative estimate of drug-likeness (QED) is 0.701. The van der Waals surface area contributed by atoms with Crippen LogP contribution in [0.5, 0.6) is 0 Å². The van der Waals surface area contributed by atoms with Crippen LogP contribution < -0.4 is 0 Å². The predicted molar refractivity (Wildman–Crippen MR) is 107 cm³/mol. The summed E-state index contributed by atoms with van der Waals surface area (Å²) in [4.78, 5) is 17.3. The summed E-state index contributed by atoms with van der Waals surface area (Å²) >= 11 is 0. The first-order valence-corrected chi connectivity index (χ1v) is 12.7. The standard InChI is InChI=1S/C21H31N3O4S/c1-20(2)16-7-8-21(20,17(25)11-16)13-29(26,27)24-9-3-4-14(12-24)10-18-22-19(23-28-18)15-5-6-15/h14-16H,3-13H2,1-2H3. The van der Waals surface area contributed by atoms with Crippen molar-refractivity contribution in [1.29, 1.82) is 0 Å². The summed E-state index contributed by atoms with van der Waals surface area (Å²) in [5, 5.41) is 4.07. The Morgan fingerprint density at radius 1 is 1.21 bits per heavy atom. The fraction of sp³-hybridized carbons (Fsp3) is 0.857. The molecular formula is C21H31N3O4S. The van der Waals surface area contributed by atoms with Crippen molar-refractivity contribution in [2.45, 2.75) is 71.1 Å². The Balaban J connectivity index is 1.28. The van der Waals surface area contributed by atoms with E-state index in [0.717, 1.165) is 37.9 Å². The van der Waals surface area contributed by atoms with Gasteiger partial charge in [0.05, 0.1) is 5.75 Å². The summed E-state index contributed by atoms with van der Waals surface area (Å²) < 4.78 is 33.8. The smallest absolute Gasteiger partial charge is 0.226 e. The maximum Gasteiger partial charge on any atom is 0.226 e. The summed E-state index contributed by atoms with van der Waals surface area (Å²) in [5.74, 6) is 2.54. The van der Waals surface area contributed by atoms with Gasteiger partial charge in [0.2, 0.25) is 15.9 Å². The number of nitrogens with zero attached hydrogens (tertiary/aromatic N) is 3. The van der Waals surface area contributed by atoms with Gasteiger partial charge >= 0.3 is 0 Å². The fourth-order valence-corrected chi connectivity index (χ4v) is 8.39. The Hall–Kier alpha value is -1.28. The number of ketones is 1. The molecule has 1 saturated heterocycles. The molecule has 3 saturated carbocycles. The zero-order chi connectivity index (χ0) is 20.4. The lowest BCUT2D eigenvalue weighted by Gasteiger charge is -2.39. The number of fused-ring (bicyclic) bond motifs is 2. The molecule has 3 atom stereocenters. The van der Waals surface area contributed by atoms with Crippen LogP contribution in [-0.2, 0) is 21.2 Å². The van der Waals surface area contributed by atoms with Gasteiger partial charge in [-0.3, -0.25) is 4.79 Å². The van der Waals surface area contributed by atoms with Gasteiger partial charge in [-0.15, -0.1) is 0 Å². The van der Waals surface area contributed by atoms with Gasteiger partial charge in [-0.2, -0.15) is 4.98 Å². The molecule has 1 aromatic heterocycles. The van der Waals surface area contributed by atoms with E-state index in [4.69, 9.17) is 4.52 Å². The molecule has 0 radical (unpaired) electrons. The van der Waals surface area contributed by atoms with E-state index in [2.05, 4.69) is 24.0 Å². The van der Waals surface area contributed by atoms with E-state index in [0.29, 0.717) is 50.1 Å². The van der Waals surface area contributed by atoms with Gasteiger partial charge in [0.25, 0.3) is 0 Å². The molecule has 7 nitrogen and oxygen atoms in total. The molecule has 0 aromatic carbocycles. The molecule has 160 valence electrons. The molecule has 4 fully saturated rings. The third-order valence-electron chi connectivity index (χ3n) is 8.33. The largest absolute Gasteiger partial charge is 0.339 e. The van der Waals surface area contributed by atoms with Crippen molar-refractivity contribution in [1.82, 2.24) is 14.4 Å². The maximum atomic E-state index is 13.4. The predicted octanol–water partition coefficient (Wildman–Crippen LogP) is 2.93. The van der Waals surface area contributed by atoms with Gasteiger partial charge in [-0.05, 0) is 55.8 Å². The second-order valence-electron chi connectivity index (χ2n) is 10.3. The zero-order valence-corrected chi connectivity index (χ0v) is 18.2. The minimum absolute atomic E-state index is 0.0264. The summed E-state index contributed by atoms with van der Waals surface area (Å²) in [5.41, 5.74) is -0.926. The molecule has 1 aromatic rings. The average molecular weight is 422 g/mol. The number of aromatic nitrogens is 2. The number of carbonyl (C=O) groups is 1. The SMILES string of the molecule is CC1(C)C2CCC1(CS(=O)(=O)N1CCCC(Cc3nc(C4CC4)no3)C1)C(=O)C2. The number of piperidine rings is 1. The Labute approximate surface area is 172 Å². The second kappa shape index (κ2) is 6.61. The third-order valence-corrected chi connectivity index (χ3v) is 10.3. The lowest BCUT2D eigenvalue weighted by molar-refractivity contribution is -0.128. The molecule has 4 aliphatic rings. The lowest BCUT2D eigenvalue weighted by Crippen LogP contribution is -2.49. The van der Waals surface area contributed by atoms with E-state index >= 15 is 0 Å². The van der Waals surface area contributed by atoms with Crippen molar-refractivity contribution >= 4 is 15.8 Å². The summed E-state index contributed by atoms with van der Waals surface area (Å²) in [7, 11) is -3.49. The molecule has 2 heterocycles. The molecule has 0 spiro atoms. The van der Waals surface area contributed by atoms with Crippen LogP contribution in [0.1, 0.15) is 76.4 Å². The summed E-state index contributed by atoms with van der Waals surface area (Å²) in [6.07, 6.45) is 6.92. The molecule has 29 heavy (non-hydrogen) atoms.